The van der Waals surface area contributed by atoms with Crippen molar-refractivity contribution in [2.75, 3.05) is 6.61 Å². The molecule has 29 heavy (non-hydrogen) atoms. The van der Waals surface area contributed by atoms with Crippen molar-refractivity contribution in [1.29, 1.82) is 0 Å². The van der Waals surface area contributed by atoms with Gasteiger partial charge in [0.05, 0.1) is 17.6 Å². The van der Waals surface area contributed by atoms with E-state index in [1.165, 1.54) is 12.1 Å². The number of hydrogen-bond acceptors (Lipinski definition) is 3. The molecule has 4 rings (SSSR count). The topological polar surface area (TPSA) is 65.3 Å². The number of carbonyl (C=O) groups excluding carboxylic acids is 2. The van der Waals surface area contributed by atoms with Crippen LogP contribution < -0.4 is 5.32 Å². The van der Waals surface area contributed by atoms with Gasteiger partial charge < -0.3 is 19.2 Å². The van der Waals surface area contributed by atoms with Gasteiger partial charge in [0.2, 0.25) is 5.91 Å². The standard InChI is InChI=1S/C22H24FN3O3/c1-2-29-22(28)20-13-19-18(11-12-25(19)17-9-7-15(23)8-10-17)26(20)14-21(27)24-16-5-3-4-6-16/h7-13,16H,2-6,14H2,1H3,(H,24,27). The summed E-state index contributed by atoms with van der Waals surface area (Å²) in [4.78, 5) is 25.1. The fraction of sp³-hybridized carbons (Fsp3) is 0.364. The summed E-state index contributed by atoms with van der Waals surface area (Å²) in [5.74, 6) is -0.900. The minimum atomic E-state index is -0.469. The van der Waals surface area contributed by atoms with Crippen LogP contribution in [-0.4, -0.2) is 33.7 Å². The molecule has 0 spiro atoms. The van der Waals surface area contributed by atoms with Crippen molar-refractivity contribution in [1.82, 2.24) is 14.5 Å². The number of halogens is 1. The maximum Gasteiger partial charge on any atom is 0.355 e. The first-order valence-electron chi connectivity index (χ1n) is 10.00. The third kappa shape index (κ3) is 3.90. The molecule has 0 aliphatic heterocycles. The van der Waals surface area contributed by atoms with Crippen molar-refractivity contribution in [3.63, 3.8) is 0 Å². The Kier molecular flexibility index (Phi) is 5.38. The Morgan fingerprint density at radius 2 is 1.86 bits per heavy atom. The fourth-order valence-electron chi connectivity index (χ4n) is 4.00. The van der Waals surface area contributed by atoms with Gasteiger partial charge in [-0.25, -0.2) is 9.18 Å². The average Bonchev–Trinajstić information content (AvgIpc) is 3.41. The number of fused-ring (bicyclic) bond motifs is 1. The summed E-state index contributed by atoms with van der Waals surface area (Å²) in [6.07, 6.45) is 6.11. The number of carbonyl (C=O) groups is 2. The quantitative estimate of drug-likeness (QED) is 0.644. The molecule has 0 saturated heterocycles. The zero-order valence-corrected chi connectivity index (χ0v) is 16.4. The molecule has 0 bridgehead atoms. The molecule has 1 amide bonds. The molecule has 1 fully saturated rings. The molecular formula is C22H24FN3O3. The molecule has 3 aromatic rings. The number of esters is 1. The normalized spacial score (nSPS) is 14.4. The first-order valence-corrected chi connectivity index (χ1v) is 10.00. The van der Waals surface area contributed by atoms with Crippen molar-refractivity contribution >= 4 is 22.9 Å². The molecule has 0 atom stereocenters. The summed E-state index contributed by atoms with van der Waals surface area (Å²) in [7, 11) is 0. The van der Waals surface area contributed by atoms with Gasteiger partial charge in [-0.1, -0.05) is 12.8 Å². The molecule has 0 unspecified atom stereocenters. The van der Waals surface area contributed by atoms with Gasteiger partial charge in [0.25, 0.3) is 0 Å². The van der Waals surface area contributed by atoms with Gasteiger partial charge in [0.15, 0.2) is 0 Å². The number of hydrogen-bond donors (Lipinski definition) is 1. The summed E-state index contributed by atoms with van der Waals surface area (Å²) in [6, 6.07) is 9.90. The van der Waals surface area contributed by atoms with E-state index in [9.17, 15) is 14.0 Å². The number of ether oxygens (including phenoxy) is 1. The van der Waals surface area contributed by atoms with Crippen LogP contribution in [0, 0.1) is 5.82 Å². The van der Waals surface area contributed by atoms with E-state index in [0.717, 1.165) is 42.4 Å². The lowest BCUT2D eigenvalue weighted by molar-refractivity contribution is -0.122. The average molecular weight is 397 g/mol. The molecule has 152 valence electrons. The molecule has 2 aromatic heterocycles. The Hall–Kier alpha value is -3.09. The van der Waals surface area contributed by atoms with Gasteiger partial charge in [-0.05, 0) is 56.2 Å². The van der Waals surface area contributed by atoms with E-state index in [4.69, 9.17) is 4.74 Å². The van der Waals surface area contributed by atoms with E-state index in [2.05, 4.69) is 5.32 Å². The lowest BCUT2D eigenvalue weighted by Crippen LogP contribution is -2.35. The van der Waals surface area contributed by atoms with Crippen LogP contribution in [0.1, 0.15) is 43.1 Å². The molecule has 2 heterocycles. The number of aromatic nitrogens is 2. The maximum absolute atomic E-state index is 13.3. The predicted octanol–water partition coefficient (Wildman–Crippen LogP) is 3.81. The van der Waals surface area contributed by atoms with Crippen LogP contribution in [0.3, 0.4) is 0 Å². The lowest BCUT2D eigenvalue weighted by Gasteiger charge is -2.14. The van der Waals surface area contributed by atoms with Crippen LogP contribution in [0.25, 0.3) is 16.7 Å². The largest absolute Gasteiger partial charge is 0.461 e. The second-order valence-electron chi connectivity index (χ2n) is 7.32. The van der Waals surface area contributed by atoms with E-state index < -0.39 is 5.97 Å². The number of nitrogens with zero attached hydrogens (tertiary/aromatic N) is 2. The monoisotopic (exact) mass is 397 g/mol. The van der Waals surface area contributed by atoms with E-state index in [0.29, 0.717) is 5.69 Å². The number of amides is 1. The smallest absolute Gasteiger partial charge is 0.355 e. The number of rotatable bonds is 6. The van der Waals surface area contributed by atoms with Crippen LogP contribution in [0.15, 0.2) is 42.6 Å². The van der Waals surface area contributed by atoms with Gasteiger partial charge in [-0.2, -0.15) is 0 Å². The summed E-state index contributed by atoms with van der Waals surface area (Å²) in [5.41, 5.74) is 2.60. The molecule has 1 saturated carbocycles. The van der Waals surface area contributed by atoms with E-state index in [-0.39, 0.29) is 30.9 Å². The van der Waals surface area contributed by atoms with Crippen molar-refractivity contribution in [3.8, 4) is 5.69 Å². The Morgan fingerprint density at radius 3 is 2.55 bits per heavy atom. The molecular weight excluding hydrogens is 373 g/mol. The SMILES string of the molecule is CCOC(=O)c1cc2c(ccn2-c2ccc(F)cc2)n1CC(=O)NC1CCCC1. The Bertz CT molecular complexity index is 1030. The highest BCUT2D eigenvalue weighted by atomic mass is 19.1. The highest BCUT2D eigenvalue weighted by molar-refractivity contribution is 5.96. The van der Waals surface area contributed by atoms with Crippen molar-refractivity contribution in [2.45, 2.75) is 45.2 Å². The third-order valence-electron chi connectivity index (χ3n) is 5.37. The molecule has 0 radical (unpaired) electrons. The summed E-state index contributed by atoms with van der Waals surface area (Å²) >= 11 is 0. The minimum absolute atomic E-state index is 0.0432. The first kappa shape index (κ1) is 19.2. The molecule has 1 N–H and O–H groups in total. The van der Waals surface area contributed by atoms with Crippen LogP contribution in [-0.2, 0) is 16.1 Å². The minimum Gasteiger partial charge on any atom is -0.461 e. The number of nitrogens with one attached hydrogen (secondary N) is 1. The fourth-order valence-corrected chi connectivity index (χ4v) is 4.00. The Morgan fingerprint density at radius 1 is 1.14 bits per heavy atom. The van der Waals surface area contributed by atoms with Gasteiger partial charge in [-0.3, -0.25) is 4.79 Å². The summed E-state index contributed by atoms with van der Waals surface area (Å²) < 4.78 is 22.0. The van der Waals surface area contributed by atoms with Gasteiger partial charge in [0.1, 0.15) is 18.1 Å². The van der Waals surface area contributed by atoms with Gasteiger partial charge in [-0.15, -0.1) is 0 Å². The first-order chi connectivity index (χ1) is 14.1. The van der Waals surface area contributed by atoms with Crippen molar-refractivity contribution in [3.05, 3.63) is 54.1 Å². The second-order valence-corrected chi connectivity index (χ2v) is 7.32. The zero-order chi connectivity index (χ0) is 20.4. The van der Waals surface area contributed by atoms with Crippen LogP contribution in [0.2, 0.25) is 0 Å². The second kappa shape index (κ2) is 8.11. The Balaban J connectivity index is 1.70. The maximum atomic E-state index is 13.3. The number of benzene rings is 1. The third-order valence-corrected chi connectivity index (χ3v) is 5.37. The summed E-state index contributed by atoms with van der Waals surface area (Å²) in [6.45, 7) is 2.04. The molecule has 1 aliphatic rings. The highest BCUT2D eigenvalue weighted by Crippen LogP contribution is 2.26. The van der Waals surface area contributed by atoms with Gasteiger partial charge in [0, 0.05) is 17.9 Å². The van der Waals surface area contributed by atoms with Crippen molar-refractivity contribution in [2.24, 2.45) is 0 Å². The molecule has 1 aliphatic carbocycles. The molecule has 7 heteroatoms. The Labute approximate surface area is 168 Å². The van der Waals surface area contributed by atoms with Crippen molar-refractivity contribution < 1.29 is 18.7 Å². The van der Waals surface area contributed by atoms with E-state index in [1.807, 2.05) is 16.8 Å². The predicted molar refractivity (Wildman–Crippen MR) is 108 cm³/mol. The van der Waals surface area contributed by atoms with E-state index in [1.54, 1.807) is 29.7 Å². The van der Waals surface area contributed by atoms with Crippen LogP contribution in [0.4, 0.5) is 4.39 Å². The van der Waals surface area contributed by atoms with E-state index >= 15 is 0 Å². The zero-order valence-electron chi connectivity index (χ0n) is 16.4. The van der Waals surface area contributed by atoms with Crippen LogP contribution >= 0.6 is 0 Å². The highest BCUT2D eigenvalue weighted by Gasteiger charge is 2.23. The molecule has 1 aromatic carbocycles. The van der Waals surface area contributed by atoms with Gasteiger partial charge >= 0.3 is 5.97 Å². The lowest BCUT2D eigenvalue weighted by atomic mass is 10.2. The van der Waals surface area contributed by atoms with Crippen LogP contribution in [0.5, 0.6) is 0 Å². The summed E-state index contributed by atoms with van der Waals surface area (Å²) in [5, 5.41) is 3.06. The molecule has 6 nitrogen and oxygen atoms in total.